The Morgan fingerprint density at radius 1 is 1.19 bits per heavy atom. The summed E-state index contributed by atoms with van der Waals surface area (Å²) in [4.78, 5) is 2.29. The van der Waals surface area contributed by atoms with Crippen molar-refractivity contribution in [3.05, 3.63) is 0 Å². The first-order valence-electron chi connectivity index (χ1n) is 5.58. The maximum Gasteiger partial charge on any atom is 0.211 e. The Hall–Kier alpha value is 0.220. The van der Waals surface area contributed by atoms with Crippen molar-refractivity contribution in [1.29, 1.82) is 0 Å². The highest BCUT2D eigenvalue weighted by Crippen LogP contribution is 2.16. The number of thiol groups is 1. The van der Waals surface area contributed by atoms with Crippen molar-refractivity contribution < 1.29 is 8.42 Å². The van der Waals surface area contributed by atoms with Crippen LogP contribution in [0.25, 0.3) is 0 Å². The lowest BCUT2D eigenvalue weighted by Gasteiger charge is -2.28. The van der Waals surface area contributed by atoms with Crippen LogP contribution in [0.2, 0.25) is 0 Å². The first kappa shape index (κ1) is 14.3. The fraction of sp³-hybridized carbons (Fsp3) is 1.00. The monoisotopic (exact) mass is 266 g/mol. The molecule has 16 heavy (non-hydrogen) atoms. The Kier molecular flexibility index (Phi) is 4.68. The third-order valence-corrected chi connectivity index (χ3v) is 4.07. The molecule has 4 nitrogen and oxygen atoms in total. The summed E-state index contributed by atoms with van der Waals surface area (Å²) in [6.07, 6.45) is 2.18. The zero-order chi connectivity index (χ0) is 12.4. The molecule has 96 valence electrons. The van der Waals surface area contributed by atoms with Gasteiger partial charge in [-0.3, -0.25) is 0 Å². The first-order chi connectivity index (χ1) is 7.18. The van der Waals surface area contributed by atoms with E-state index in [1.807, 2.05) is 0 Å². The molecule has 0 aromatic rings. The van der Waals surface area contributed by atoms with Gasteiger partial charge in [0.2, 0.25) is 10.0 Å². The fourth-order valence-electron chi connectivity index (χ4n) is 1.98. The fourth-order valence-corrected chi connectivity index (χ4v) is 3.06. The number of hydrogen-bond acceptors (Lipinski definition) is 4. The largest absolute Gasteiger partial charge is 0.301 e. The minimum Gasteiger partial charge on any atom is -0.301 e. The van der Waals surface area contributed by atoms with E-state index >= 15 is 0 Å². The van der Waals surface area contributed by atoms with Gasteiger partial charge in [-0.2, -0.15) is 12.6 Å². The lowest BCUT2D eigenvalue weighted by atomic mass is 10.2. The molecule has 1 aliphatic rings. The zero-order valence-corrected chi connectivity index (χ0v) is 12.0. The van der Waals surface area contributed by atoms with Crippen LogP contribution in [0.4, 0.5) is 0 Å². The second-order valence-electron chi connectivity index (χ2n) is 5.10. The molecule has 0 N–H and O–H groups in total. The Morgan fingerprint density at radius 3 is 2.31 bits per heavy atom. The number of rotatable bonds is 3. The normalized spacial score (nSPS) is 22.0. The van der Waals surface area contributed by atoms with Gasteiger partial charge in [0.1, 0.15) is 0 Å². The topological polar surface area (TPSA) is 40.6 Å². The quantitative estimate of drug-likeness (QED) is 0.763. The van der Waals surface area contributed by atoms with Gasteiger partial charge in [-0.05, 0) is 26.8 Å². The minimum atomic E-state index is -3.03. The van der Waals surface area contributed by atoms with E-state index in [-0.39, 0.29) is 4.75 Å². The Labute approximate surface area is 104 Å². The second-order valence-corrected chi connectivity index (χ2v) is 8.30. The van der Waals surface area contributed by atoms with Gasteiger partial charge < -0.3 is 4.90 Å². The standard InChI is InChI=1S/C10H22N2O2S2/c1-10(2,15)9-11-5-4-6-12(8-7-11)16(3,13)14/h15H,4-9H2,1-3H3. The molecule has 0 radical (unpaired) electrons. The van der Waals surface area contributed by atoms with E-state index in [2.05, 4.69) is 31.4 Å². The highest BCUT2D eigenvalue weighted by Gasteiger charge is 2.23. The number of nitrogens with zero attached hydrogens (tertiary/aromatic N) is 2. The van der Waals surface area contributed by atoms with Crippen molar-refractivity contribution in [2.45, 2.75) is 25.0 Å². The Bertz CT molecular complexity index is 322. The van der Waals surface area contributed by atoms with E-state index in [9.17, 15) is 8.42 Å². The lowest BCUT2D eigenvalue weighted by Crippen LogP contribution is -2.38. The van der Waals surface area contributed by atoms with E-state index in [4.69, 9.17) is 0 Å². The highest BCUT2D eigenvalue weighted by molar-refractivity contribution is 7.88. The summed E-state index contributed by atoms with van der Waals surface area (Å²) in [5.41, 5.74) is 0. The van der Waals surface area contributed by atoms with Gasteiger partial charge in [0.25, 0.3) is 0 Å². The SMILES string of the molecule is CC(C)(S)CN1CCCN(S(C)(=O)=O)CC1. The van der Waals surface area contributed by atoms with E-state index < -0.39 is 10.0 Å². The van der Waals surface area contributed by atoms with Gasteiger partial charge in [-0.25, -0.2) is 12.7 Å². The van der Waals surface area contributed by atoms with Gasteiger partial charge in [-0.1, -0.05) is 0 Å². The molecular formula is C10H22N2O2S2. The Balaban J connectivity index is 2.53. The average molecular weight is 266 g/mol. The molecule has 0 unspecified atom stereocenters. The number of hydrogen-bond donors (Lipinski definition) is 1. The van der Waals surface area contributed by atoms with Gasteiger partial charge >= 0.3 is 0 Å². The van der Waals surface area contributed by atoms with Crippen LogP contribution < -0.4 is 0 Å². The maximum atomic E-state index is 11.4. The van der Waals surface area contributed by atoms with E-state index in [1.54, 1.807) is 4.31 Å². The molecule has 0 aromatic heterocycles. The molecule has 1 fully saturated rings. The first-order valence-corrected chi connectivity index (χ1v) is 7.88. The third-order valence-electron chi connectivity index (χ3n) is 2.63. The number of sulfonamides is 1. The van der Waals surface area contributed by atoms with Crippen molar-refractivity contribution in [2.24, 2.45) is 0 Å². The predicted molar refractivity (Wildman–Crippen MR) is 70.5 cm³/mol. The molecule has 1 heterocycles. The van der Waals surface area contributed by atoms with Crippen LogP contribution >= 0.6 is 12.6 Å². The van der Waals surface area contributed by atoms with Crippen LogP contribution in [0.15, 0.2) is 0 Å². The highest BCUT2D eigenvalue weighted by atomic mass is 32.2. The average Bonchev–Trinajstić information content (AvgIpc) is 2.25. The van der Waals surface area contributed by atoms with Crippen molar-refractivity contribution in [2.75, 3.05) is 39.0 Å². The zero-order valence-electron chi connectivity index (χ0n) is 10.3. The lowest BCUT2D eigenvalue weighted by molar-refractivity contribution is 0.268. The summed E-state index contributed by atoms with van der Waals surface area (Å²) in [5, 5.41) is 0. The molecule has 1 aliphatic heterocycles. The maximum absolute atomic E-state index is 11.4. The molecule has 0 atom stereocenters. The molecule has 0 spiro atoms. The summed E-state index contributed by atoms with van der Waals surface area (Å²) in [5.74, 6) is 0. The van der Waals surface area contributed by atoms with E-state index in [1.165, 1.54) is 6.26 Å². The van der Waals surface area contributed by atoms with Crippen LogP contribution in [-0.4, -0.2) is 61.3 Å². The summed E-state index contributed by atoms with van der Waals surface area (Å²) < 4.78 is 24.4. The minimum absolute atomic E-state index is 0.0275. The summed E-state index contributed by atoms with van der Waals surface area (Å²) in [6, 6.07) is 0. The molecule has 1 saturated heterocycles. The van der Waals surface area contributed by atoms with Crippen LogP contribution in [-0.2, 0) is 10.0 Å². The molecule has 6 heteroatoms. The van der Waals surface area contributed by atoms with Crippen LogP contribution in [0.3, 0.4) is 0 Å². The van der Waals surface area contributed by atoms with Crippen molar-refractivity contribution in [3.63, 3.8) is 0 Å². The molecule has 0 saturated carbocycles. The predicted octanol–water partition coefficient (Wildman–Crippen LogP) is 0.662. The van der Waals surface area contributed by atoms with Gasteiger partial charge in [0.05, 0.1) is 6.26 Å². The summed E-state index contributed by atoms with van der Waals surface area (Å²) >= 11 is 4.51. The third kappa shape index (κ3) is 5.03. The Morgan fingerprint density at radius 2 is 1.81 bits per heavy atom. The van der Waals surface area contributed by atoms with Crippen LogP contribution in [0.5, 0.6) is 0 Å². The summed E-state index contributed by atoms with van der Waals surface area (Å²) in [6.45, 7) is 8.05. The van der Waals surface area contributed by atoms with Gasteiger partial charge in [-0.15, -0.1) is 0 Å². The van der Waals surface area contributed by atoms with Gasteiger partial charge in [0, 0.05) is 30.9 Å². The molecule has 0 bridgehead atoms. The van der Waals surface area contributed by atoms with Gasteiger partial charge in [0.15, 0.2) is 0 Å². The molecular weight excluding hydrogens is 244 g/mol. The summed E-state index contributed by atoms with van der Waals surface area (Å²) in [7, 11) is -3.03. The van der Waals surface area contributed by atoms with Crippen molar-refractivity contribution >= 4 is 22.7 Å². The van der Waals surface area contributed by atoms with E-state index in [0.717, 1.165) is 26.1 Å². The van der Waals surface area contributed by atoms with Crippen LogP contribution in [0, 0.1) is 0 Å². The van der Waals surface area contributed by atoms with E-state index in [0.29, 0.717) is 13.1 Å². The van der Waals surface area contributed by atoms with Crippen molar-refractivity contribution in [1.82, 2.24) is 9.21 Å². The molecule has 1 rings (SSSR count). The smallest absolute Gasteiger partial charge is 0.211 e. The molecule has 0 amide bonds. The molecule has 0 aliphatic carbocycles. The second kappa shape index (κ2) is 5.25. The van der Waals surface area contributed by atoms with Crippen molar-refractivity contribution in [3.8, 4) is 0 Å². The van der Waals surface area contributed by atoms with Crippen LogP contribution in [0.1, 0.15) is 20.3 Å². The molecule has 0 aromatic carbocycles.